The number of hydrogen-bond donors (Lipinski definition) is 2. The Balaban J connectivity index is 2.31. The van der Waals surface area contributed by atoms with E-state index in [1.807, 2.05) is 6.07 Å². The van der Waals surface area contributed by atoms with Crippen LogP contribution in [0.5, 0.6) is 5.75 Å². The van der Waals surface area contributed by atoms with Crippen LogP contribution in [0.25, 0.3) is 0 Å². The Morgan fingerprint density at radius 3 is 2.68 bits per heavy atom. The second-order valence-electron chi connectivity index (χ2n) is 3.61. The van der Waals surface area contributed by atoms with Crippen molar-refractivity contribution in [3.05, 3.63) is 34.0 Å². The van der Waals surface area contributed by atoms with Gasteiger partial charge in [-0.3, -0.25) is 0 Å². The van der Waals surface area contributed by atoms with Gasteiger partial charge in [0.15, 0.2) is 0 Å². The van der Waals surface area contributed by atoms with E-state index in [0.717, 1.165) is 10.2 Å². The van der Waals surface area contributed by atoms with Crippen molar-refractivity contribution in [3.8, 4) is 5.75 Å². The van der Waals surface area contributed by atoms with Crippen molar-refractivity contribution < 1.29 is 4.74 Å². The summed E-state index contributed by atoms with van der Waals surface area (Å²) in [5.41, 5.74) is 0.822. The largest absolute Gasteiger partial charge is 0.495 e. The molecule has 1 aromatic carbocycles. The molecule has 0 saturated heterocycles. The van der Waals surface area contributed by atoms with Crippen molar-refractivity contribution in [1.29, 1.82) is 0 Å². The zero-order chi connectivity index (χ0) is 13.8. The lowest BCUT2D eigenvalue weighted by Gasteiger charge is -2.11. The summed E-state index contributed by atoms with van der Waals surface area (Å²) in [5, 5.41) is 6.70. The summed E-state index contributed by atoms with van der Waals surface area (Å²) in [6.45, 7) is 0. The SMILES string of the molecule is CNc1ncnc(Nc2ccc(Cl)c(OC)c2)c1Br. The van der Waals surface area contributed by atoms with Gasteiger partial charge in [0, 0.05) is 18.8 Å². The highest BCUT2D eigenvalue weighted by Gasteiger charge is 2.09. The van der Waals surface area contributed by atoms with Gasteiger partial charge in [0.25, 0.3) is 0 Å². The van der Waals surface area contributed by atoms with Crippen molar-refractivity contribution in [1.82, 2.24) is 9.97 Å². The van der Waals surface area contributed by atoms with Gasteiger partial charge < -0.3 is 15.4 Å². The van der Waals surface area contributed by atoms with Crippen molar-refractivity contribution in [3.63, 3.8) is 0 Å². The highest BCUT2D eigenvalue weighted by atomic mass is 79.9. The normalized spacial score (nSPS) is 10.1. The van der Waals surface area contributed by atoms with E-state index >= 15 is 0 Å². The van der Waals surface area contributed by atoms with E-state index in [-0.39, 0.29) is 0 Å². The highest BCUT2D eigenvalue weighted by Crippen LogP contribution is 2.32. The fourth-order valence-electron chi connectivity index (χ4n) is 1.51. The lowest BCUT2D eigenvalue weighted by Crippen LogP contribution is -2.00. The third-order valence-corrected chi connectivity index (χ3v) is 3.50. The first-order valence-corrected chi connectivity index (χ1v) is 6.61. The monoisotopic (exact) mass is 342 g/mol. The van der Waals surface area contributed by atoms with Crippen LogP contribution in [0.3, 0.4) is 0 Å². The van der Waals surface area contributed by atoms with Gasteiger partial charge in [-0.2, -0.15) is 0 Å². The van der Waals surface area contributed by atoms with E-state index in [1.54, 1.807) is 26.3 Å². The van der Waals surface area contributed by atoms with Gasteiger partial charge in [0.05, 0.1) is 12.1 Å². The number of aromatic nitrogens is 2. The van der Waals surface area contributed by atoms with Gasteiger partial charge in [0.1, 0.15) is 28.2 Å². The van der Waals surface area contributed by atoms with Crippen molar-refractivity contribution in [2.24, 2.45) is 0 Å². The molecule has 1 heterocycles. The first-order valence-electron chi connectivity index (χ1n) is 5.44. The predicted molar refractivity (Wildman–Crippen MR) is 80.6 cm³/mol. The molecule has 2 N–H and O–H groups in total. The maximum atomic E-state index is 5.98. The van der Waals surface area contributed by atoms with Crippen LogP contribution in [0.1, 0.15) is 0 Å². The number of halogens is 2. The molecule has 0 fully saturated rings. The molecule has 1 aromatic heterocycles. The second kappa shape index (κ2) is 6.08. The number of hydrogen-bond acceptors (Lipinski definition) is 5. The quantitative estimate of drug-likeness (QED) is 0.886. The van der Waals surface area contributed by atoms with Crippen LogP contribution in [0.4, 0.5) is 17.3 Å². The average Bonchev–Trinajstić information content (AvgIpc) is 2.43. The van der Waals surface area contributed by atoms with Crippen LogP contribution in [0, 0.1) is 0 Å². The molecule has 19 heavy (non-hydrogen) atoms. The van der Waals surface area contributed by atoms with Gasteiger partial charge in [-0.05, 0) is 28.1 Å². The molecule has 0 aliphatic carbocycles. The lowest BCUT2D eigenvalue weighted by atomic mass is 10.3. The van der Waals surface area contributed by atoms with Gasteiger partial charge >= 0.3 is 0 Å². The number of rotatable bonds is 4. The number of nitrogens with one attached hydrogen (secondary N) is 2. The zero-order valence-corrected chi connectivity index (χ0v) is 12.7. The molecule has 5 nitrogen and oxygen atoms in total. The van der Waals surface area contributed by atoms with Crippen LogP contribution in [0.2, 0.25) is 5.02 Å². The van der Waals surface area contributed by atoms with Crippen molar-refractivity contribution in [2.75, 3.05) is 24.8 Å². The Kier molecular flexibility index (Phi) is 4.44. The molecule has 0 spiro atoms. The molecule has 0 unspecified atom stereocenters. The average molecular weight is 344 g/mol. The Hall–Kier alpha value is -1.53. The number of benzene rings is 1. The summed E-state index contributed by atoms with van der Waals surface area (Å²) in [7, 11) is 3.37. The van der Waals surface area contributed by atoms with Crippen LogP contribution in [-0.4, -0.2) is 24.1 Å². The fourth-order valence-corrected chi connectivity index (χ4v) is 2.20. The molecule has 0 bridgehead atoms. The van der Waals surface area contributed by atoms with Gasteiger partial charge in [0.2, 0.25) is 0 Å². The molecule has 2 rings (SSSR count). The van der Waals surface area contributed by atoms with E-state index < -0.39 is 0 Å². The Bertz CT molecular complexity index is 594. The number of nitrogens with zero attached hydrogens (tertiary/aromatic N) is 2. The van der Waals surface area contributed by atoms with Crippen molar-refractivity contribution in [2.45, 2.75) is 0 Å². The van der Waals surface area contributed by atoms with Gasteiger partial charge in [-0.1, -0.05) is 11.6 Å². The fraction of sp³-hybridized carbons (Fsp3) is 0.167. The molecule has 7 heteroatoms. The van der Waals surface area contributed by atoms with Gasteiger partial charge in [-0.25, -0.2) is 9.97 Å². The Morgan fingerprint density at radius 1 is 1.26 bits per heavy atom. The lowest BCUT2D eigenvalue weighted by molar-refractivity contribution is 0.415. The summed E-state index contributed by atoms with van der Waals surface area (Å²) in [4.78, 5) is 8.27. The molecular weight excluding hydrogens is 332 g/mol. The number of anilines is 3. The zero-order valence-electron chi connectivity index (χ0n) is 10.4. The van der Waals surface area contributed by atoms with E-state index in [9.17, 15) is 0 Å². The highest BCUT2D eigenvalue weighted by molar-refractivity contribution is 9.10. The summed E-state index contributed by atoms with van der Waals surface area (Å²) in [6.07, 6.45) is 1.48. The predicted octanol–water partition coefficient (Wildman–Crippen LogP) is 3.69. The Labute approximate surface area is 124 Å². The summed E-state index contributed by atoms with van der Waals surface area (Å²) in [6, 6.07) is 5.41. The van der Waals surface area contributed by atoms with Crippen LogP contribution in [0.15, 0.2) is 29.0 Å². The summed E-state index contributed by atoms with van der Waals surface area (Å²) in [5.74, 6) is 1.97. The second-order valence-corrected chi connectivity index (χ2v) is 4.81. The number of ether oxygens (including phenoxy) is 1. The first kappa shape index (κ1) is 13.9. The molecule has 100 valence electrons. The van der Waals surface area contributed by atoms with Crippen LogP contribution < -0.4 is 15.4 Å². The maximum absolute atomic E-state index is 5.98. The molecule has 0 amide bonds. The minimum atomic E-state index is 0.561. The first-order chi connectivity index (χ1) is 9.15. The molecule has 0 atom stereocenters. The van der Waals surface area contributed by atoms with Crippen LogP contribution in [-0.2, 0) is 0 Å². The van der Waals surface area contributed by atoms with Crippen molar-refractivity contribution >= 4 is 44.9 Å². The van der Waals surface area contributed by atoms with E-state index in [1.165, 1.54) is 6.33 Å². The molecule has 0 aliphatic heterocycles. The van der Waals surface area contributed by atoms with E-state index in [2.05, 4.69) is 36.5 Å². The number of methoxy groups -OCH3 is 1. The third kappa shape index (κ3) is 3.08. The third-order valence-electron chi connectivity index (χ3n) is 2.44. The summed E-state index contributed by atoms with van der Waals surface area (Å²) < 4.78 is 5.93. The molecule has 0 aliphatic rings. The minimum Gasteiger partial charge on any atom is -0.495 e. The molecular formula is C12H12BrClN4O. The molecule has 2 aromatic rings. The van der Waals surface area contributed by atoms with Crippen LogP contribution >= 0.6 is 27.5 Å². The minimum absolute atomic E-state index is 0.561. The molecule has 0 radical (unpaired) electrons. The smallest absolute Gasteiger partial charge is 0.150 e. The summed E-state index contributed by atoms with van der Waals surface area (Å²) >= 11 is 9.42. The van der Waals surface area contributed by atoms with Gasteiger partial charge in [-0.15, -0.1) is 0 Å². The maximum Gasteiger partial charge on any atom is 0.150 e. The Morgan fingerprint density at radius 2 is 2.00 bits per heavy atom. The molecule has 0 saturated carbocycles. The van der Waals surface area contributed by atoms with E-state index in [4.69, 9.17) is 16.3 Å². The van der Waals surface area contributed by atoms with E-state index in [0.29, 0.717) is 22.4 Å². The standard InChI is InChI=1S/C12H12BrClN4O/c1-15-11-10(13)12(17-6-16-11)18-7-3-4-8(14)9(5-7)19-2/h3-6H,1-2H3,(H2,15,16,17,18). The topological polar surface area (TPSA) is 59.1 Å².